The number of aliphatic imine (C=N–C) groups is 1. The maximum absolute atomic E-state index is 6.02. The van der Waals surface area contributed by atoms with Gasteiger partial charge in [0.1, 0.15) is 0 Å². The van der Waals surface area contributed by atoms with Gasteiger partial charge in [-0.1, -0.05) is 6.07 Å². The molecule has 0 spiro atoms. The largest absolute Gasteiger partial charge is 0.493 e. The van der Waals surface area contributed by atoms with E-state index in [1.165, 1.54) is 0 Å². The summed E-state index contributed by atoms with van der Waals surface area (Å²) in [7, 11) is 7.38. The van der Waals surface area contributed by atoms with Gasteiger partial charge in [0.2, 0.25) is 0 Å². The molecule has 1 aromatic rings. The Bertz CT molecular complexity index is 516. The minimum absolute atomic E-state index is 0.157. The van der Waals surface area contributed by atoms with Crippen molar-refractivity contribution >= 4 is 5.96 Å². The van der Waals surface area contributed by atoms with Gasteiger partial charge in [0.05, 0.1) is 26.8 Å². The average molecular weight is 292 g/mol. The third-order valence-electron chi connectivity index (χ3n) is 3.68. The van der Waals surface area contributed by atoms with Crippen LogP contribution in [0.2, 0.25) is 0 Å². The molecule has 0 radical (unpaired) electrons. The third kappa shape index (κ3) is 3.39. The summed E-state index contributed by atoms with van der Waals surface area (Å²) in [5, 5.41) is 0. The molecule has 21 heavy (non-hydrogen) atoms. The van der Waals surface area contributed by atoms with E-state index < -0.39 is 0 Å². The molecule has 0 amide bonds. The topological polar surface area (TPSA) is 63.3 Å². The molecule has 1 aliphatic rings. The molecule has 0 aromatic heterocycles. The molecule has 116 valence electrons. The Hall–Kier alpha value is -1.95. The zero-order valence-corrected chi connectivity index (χ0v) is 13.2. The average Bonchev–Trinajstić information content (AvgIpc) is 2.85. The Kier molecular flexibility index (Phi) is 4.90. The molecule has 0 saturated heterocycles. The molecule has 1 aliphatic heterocycles. The zero-order chi connectivity index (χ0) is 15.4. The van der Waals surface area contributed by atoms with Crippen LogP contribution in [0.1, 0.15) is 11.6 Å². The number of likely N-dealkylation sites (N-methyl/N-ethyl adjacent to an activating group) is 1. The zero-order valence-electron chi connectivity index (χ0n) is 13.2. The molecule has 0 fully saturated rings. The summed E-state index contributed by atoms with van der Waals surface area (Å²) in [6.45, 7) is 2.45. The van der Waals surface area contributed by atoms with Crippen LogP contribution in [0, 0.1) is 0 Å². The number of guanidine groups is 1. The van der Waals surface area contributed by atoms with E-state index in [4.69, 9.17) is 15.2 Å². The van der Waals surface area contributed by atoms with Crippen molar-refractivity contribution in [2.24, 2.45) is 10.7 Å². The highest BCUT2D eigenvalue weighted by Gasteiger charge is 2.27. The van der Waals surface area contributed by atoms with Crippen LogP contribution >= 0.6 is 0 Å². The van der Waals surface area contributed by atoms with Crippen LogP contribution in [-0.2, 0) is 0 Å². The van der Waals surface area contributed by atoms with E-state index in [1.807, 2.05) is 18.2 Å². The van der Waals surface area contributed by atoms with E-state index >= 15 is 0 Å². The molecular weight excluding hydrogens is 268 g/mol. The molecule has 0 saturated carbocycles. The molecule has 1 atom stereocenters. The Morgan fingerprint density at radius 1 is 1.29 bits per heavy atom. The number of benzene rings is 1. The van der Waals surface area contributed by atoms with Gasteiger partial charge in [-0.05, 0) is 31.8 Å². The van der Waals surface area contributed by atoms with Crippen LogP contribution in [-0.4, -0.2) is 63.7 Å². The molecule has 1 heterocycles. The van der Waals surface area contributed by atoms with Gasteiger partial charge in [0.25, 0.3) is 0 Å². The van der Waals surface area contributed by atoms with Crippen molar-refractivity contribution in [2.45, 2.75) is 6.04 Å². The van der Waals surface area contributed by atoms with E-state index in [0.717, 1.165) is 30.2 Å². The molecule has 0 bridgehead atoms. The number of methoxy groups -OCH3 is 2. The first-order valence-corrected chi connectivity index (χ1v) is 7.00. The third-order valence-corrected chi connectivity index (χ3v) is 3.68. The maximum Gasteiger partial charge on any atom is 0.191 e. The van der Waals surface area contributed by atoms with E-state index in [2.05, 4.69) is 28.9 Å². The summed E-state index contributed by atoms with van der Waals surface area (Å²) in [6, 6.07) is 6.13. The van der Waals surface area contributed by atoms with E-state index in [1.54, 1.807) is 14.2 Å². The van der Waals surface area contributed by atoms with E-state index in [9.17, 15) is 0 Å². The molecule has 1 aromatic carbocycles. The first-order chi connectivity index (χ1) is 10.1. The molecule has 2 rings (SSSR count). The standard InChI is InChI=1S/C15H24N4O2/c1-18(2)7-8-19-12(10-17-15(19)16)11-5-6-13(20-3)14(9-11)21-4/h5-6,9,12H,7-8,10H2,1-4H3,(H2,16,17). The Labute approximate surface area is 126 Å². The number of nitrogens with two attached hydrogens (primary N) is 1. The van der Waals surface area contributed by atoms with Crippen LogP contribution in [0.3, 0.4) is 0 Å². The van der Waals surface area contributed by atoms with Crippen molar-refractivity contribution in [3.63, 3.8) is 0 Å². The lowest BCUT2D eigenvalue weighted by atomic mass is 10.1. The molecule has 6 nitrogen and oxygen atoms in total. The lowest BCUT2D eigenvalue weighted by Crippen LogP contribution is -2.40. The Morgan fingerprint density at radius 2 is 2.00 bits per heavy atom. The predicted molar refractivity (Wildman–Crippen MR) is 84.0 cm³/mol. The first-order valence-electron chi connectivity index (χ1n) is 7.00. The molecule has 2 N–H and O–H groups in total. The van der Waals surface area contributed by atoms with Crippen molar-refractivity contribution in [1.82, 2.24) is 9.80 Å². The number of rotatable bonds is 6. The highest BCUT2D eigenvalue weighted by atomic mass is 16.5. The number of ether oxygens (including phenoxy) is 2. The van der Waals surface area contributed by atoms with Gasteiger partial charge in [-0.3, -0.25) is 4.99 Å². The first kappa shape index (κ1) is 15.4. The van der Waals surface area contributed by atoms with Gasteiger partial charge in [-0.25, -0.2) is 0 Å². The quantitative estimate of drug-likeness (QED) is 0.845. The van der Waals surface area contributed by atoms with Crippen LogP contribution < -0.4 is 15.2 Å². The summed E-state index contributed by atoms with van der Waals surface area (Å²) >= 11 is 0. The maximum atomic E-state index is 6.02. The second kappa shape index (κ2) is 6.67. The molecule has 6 heteroatoms. The van der Waals surface area contributed by atoms with Crippen molar-refractivity contribution < 1.29 is 9.47 Å². The van der Waals surface area contributed by atoms with Crippen molar-refractivity contribution in [3.05, 3.63) is 23.8 Å². The lowest BCUT2D eigenvalue weighted by Gasteiger charge is -2.28. The smallest absolute Gasteiger partial charge is 0.191 e. The van der Waals surface area contributed by atoms with Crippen LogP contribution in [0.15, 0.2) is 23.2 Å². The molecule has 0 aliphatic carbocycles. The van der Waals surface area contributed by atoms with E-state index in [-0.39, 0.29) is 6.04 Å². The van der Waals surface area contributed by atoms with Gasteiger partial charge < -0.3 is 25.0 Å². The summed E-state index contributed by atoms with van der Waals surface area (Å²) in [5.74, 6) is 2.07. The number of nitrogens with zero attached hydrogens (tertiary/aromatic N) is 3. The van der Waals surface area contributed by atoms with Crippen LogP contribution in [0.5, 0.6) is 11.5 Å². The highest BCUT2D eigenvalue weighted by molar-refractivity contribution is 5.80. The molecular formula is C15H24N4O2. The summed E-state index contributed by atoms with van der Waals surface area (Å²) in [5.41, 5.74) is 7.16. The van der Waals surface area contributed by atoms with Crippen LogP contribution in [0.25, 0.3) is 0 Å². The predicted octanol–water partition coefficient (Wildman–Crippen LogP) is 0.937. The second-order valence-electron chi connectivity index (χ2n) is 5.33. The van der Waals surface area contributed by atoms with Gasteiger partial charge in [0.15, 0.2) is 17.5 Å². The minimum Gasteiger partial charge on any atom is -0.493 e. The highest BCUT2D eigenvalue weighted by Crippen LogP contribution is 2.33. The minimum atomic E-state index is 0.157. The van der Waals surface area contributed by atoms with E-state index in [0.29, 0.717) is 12.5 Å². The van der Waals surface area contributed by atoms with Gasteiger partial charge in [-0.2, -0.15) is 0 Å². The van der Waals surface area contributed by atoms with Gasteiger partial charge in [-0.15, -0.1) is 0 Å². The second-order valence-corrected chi connectivity index (χ2v) is 5.33. The fourth-order valence-corrected chi connectivity index (χ4v) is 2.45. The number of hydrogen-bond acceptors (Lipinski definition) is 6. The Morgan fingerprint density at radius 3 is 2.62 bits per heavy atom. The SMILES string of the molecule is COc1ccc(C2CN=C(N)N2CCN(C)C)cc1OC. The van der Waals surface area contributed by atoms with Crippen molar-refractivity contribution in [2.75, 3.05) is 47.9 Å². The summed E-state index contributed by atoms with van der Waals surface area (Å²) in [4.78, 5) is 8.66. The van der Waals surface area contributed by atoms with Crippen molar-refractivity contribution in [3.8, 4) is 11.5 Å². The monoisotopic (exact) mass is 292 g/mol. The lowest BCUT2D eigenvalue weighted by molar-refractivity contribution is 0.292. The van der Waals surface area contributed by atoms with Crippen molar-refractivity contribution in [1.29, 1.82) is 0 Å². The normalized spacial score (nSPS) is 18.0. The molecule has 1 unspecified atom stereocenters. The summed E-state index contributed by atoms with van der Waals surface area (Å²) < 4.78 is 10.7. The van der Waals surface area contributed by atoms with Crippen LogP contribution in [0.4, 0.5) is 0 Å². The fraction of sp³-hybridized carbons (Fsp3) is 0.533. The summed E-state index contributed by atoms with van der Waals surface area (Å²) in [6.07, 6.45) is 0. The Balaban J connectivity index is 2.20. The van der Waals surface area contributed by atoms with Gasteiger partial charge in [0, 0.05) is 13.1 Å². The van der Waals surface area contributed by atoms with Gasteiger partial charge >= 0.3 is 0 Å². The fourth-order valence-electron chi connectivity index (χ4n) is 2.45. The number of hydrogen-bond donors (Lipinski definition) is 1.